The summed E-state index contributed by atoms with van der Waals surface area (Å²) in [5, 5.41) is 0. The molecule has 1 unspecified atom stereocenters. The van der Waals surface area contributed by atoms with Crippen LogP contribution in [0.2, 0.25) is 0 Å². The van der Waals surface area contributed by atoms with Crippen molar-refractivity contribution in [3.8, 4) is 0 Å². The normalized spacial score (nSPS) is 30.2. The molecule has 2 aliphatic rings. The molecule has 0 bridgehead atoms. The first-order valence-corrected chi connectivity index (χ1v) is 5.29. The van der Waals surface area contributed by atoms with Crippen LogP contribution < -0.4 is 5.73 Å². The molecule has 2 rings (SSSR count). The van der Waals surface area contributed by atoms with Gasteiger partial charge in [-0.1, -0.05) is 0 Å². The Morgan fingerprint density at radius 3 is 2.71 bits per heavy atom. The minimum Gasteiger partial charge on any atom is -0.464 e. The zero-order valence-electron chi connectivity index (χ0n) is 8.66. The monoisotopic (exact) mass is 198 g/mol. The standard InChI is InChI=1S/C10H18N2O2/c1-12(8-3-6-14-9(8)13)10(7-11)4-2-5-10/h8H,2-7,11H2,1H3. The highest BCUT2D eigenvalue weighted by molar-refractivity contribution is 5.77. The molecule has 1 aliphatic carbocycles. The molecule has 80 valence electrons. The highest BCUT2D eigenvalue weighted by Crippen LogP contribution is 2.38. The number of rotatable bonds is 3. The van der Waals surface area contributed by atoms with Gasteiger partial charge >= 0.3 is 5.97 Å². The Morgan fingerprint density at radius 2 is 2.36 bits per heavy atom. The molecule has 1 saturated carbocycles. The average Bonchev–Trinajstić information content (AvgIpc) is 2.50. The lowest BCUT2D eigenvalue weighted by Crippen LogP contribution is -2.60. The van der Waals surface area contributed by atoms with Gasteiger partial charge in [0.25, 0.3) is 0 Å². The summed E-state index contributed by atoms with van der Waals surface area (Å²) in [7, 11) is 2.00. The Hall–Kier alpha value is -0.610. The van der Waals surface area contributed by atoms with Crippen LogP contribution >= 0.6 is 0 Å². The smallest absolute Gasteiger partial charge is 0.323 e. The summed E-state index contributed by atoms with van der Waals surface area (Å²) in [6.45, 7) is 1.21. The molecule has 0 spiro atoms. The average molecular weight is 198 g/mol. The summed E-state index contributed by atoms with van der Waals surface area (Å²) < 4.78 is 4.97. The Balaban J connectivity index is 2.06. The largest absolute Gasteiger partial charge is 0.464 e. The van der Waals surface area contributed by atoms with Crippen LogP contribution in [0.3, 0.4) is 0 Å². The van der Waals surface area contributed by atoms with Gasteiger partial charge in [-0.2, -0.15) is 0 Å². The first-order chi connectivity index (χ1) is 6.69. The molecule has 1 atom stereocenters. The quantitative estimate of drug-likeness (QED) is 0.654. The number of cyclic esters (lactones) is 1. The number of nitrogens with zero attached hydrogens (tertiary/aromatic N) is 1. The molecule has 4 nitrogen and oxygen atoms in total. The second kappa shape index (κ2) is 3.51. The predicted octanol–water partition coefficient (Wildman–Crippen LogP) is 0.115. The minimum absolute atomic E-state index is 0.0566. The van der Waals surface area contributed by atoms with Crippen molar-refractivity contribution >= 4 is 5.97 Å². The number of carbonyl (C=O) groups is 1. The summed E-state index contributed by atoms with van der Waals surface area (Å²) in [6, 6.07) is -0.0566. The number of carbonyl (C=O) groups excluding carboxylic acids is 1. The lowest BCUT2D eigenvalue weighted by Gasteiger charge is -2.49. The molecular formula is C10H18N2O2. The van der Waals surface area contributed by atoms with Gasteiger partial charge in [-0.05, 0) is 26.3 Å². The Bertz CT molecular complexity index is 233. The molecule has 4 heteroatoms. The number of hydrogen-bond acceptors (Lipinski definition) is 4. The van der Waals surface area contributed by atoms with Crippen molar-refractivity contribution in [1.29, 1.82) is 0 Å². The molecule has 1 aliphatic heterocycles. The van der Waals surface area contributed by atoms with Crippen molar-refractivity contribution in [2.45, 2.75) is 37.3 Å². The van der Waals surface area contributed by atoms with Crippen LogP contribution in [0.5, 0.6) is 0 Å². The molecule has 0 amide bonds. The zero-order valence-corrected chi connectivity index (χ0v) is 8.66. The van der Waals surface area contributed by atoms with Gasteiger partial charge < -0.3 is 10.5 Å². The van der Waals surface area contributed by atoms with Gasteiger partial charge in [-0.3, -0.25) is 9.69 Å². The highest BCUT2D eigenvalue weighted by Gasteiger charge is 2.45. The molecule has 2 fully saturated rings. The molecule has 2 N–H and O–H groups in total. The summed E-state index contributed by atoms with van der Waals surface area (Å²) in [5.41, 5.74) is 5.87. The zero-order chi connectivity index (χ0) is 10.2. The maximum atomic E-state index is 11.4. The van der Waals surface area contributed by atoms with E-state index >= 15 is 0 Å². The van der Waals surface area contributed by atoms with Crippen LogP contribution in [-0.4, -0.2) is 42.6 Å². The molecule has 1 saturated heterocycles. The lowest BCUT2D eigenvalue weighted by atomic mass is 9.75. The molecule has 0 aromatic rings. The van der Waals surface area contributed by atoms with Crippen LogP contribution in [0.1, 0.15) is 25.7 Å². The lowest BCUT2D eigenvalue weighted by molar-refractivity contribution is -0.144. The number of esters is 1. The van der Waals surface area contributed by atoms with Gasteiger partial charge in [0, 0.05) is 18.5 Å². The summed E-state index contributed by atoms with van der Waals surface area (Å²) in [5.74, 6) is -0.0766. The van der Waals surface area contributed by atoms with Crippen molar-refractivity contribution in [2.24, 2.45) is 5.73 Å². The Morgan fingerprint density at radius 1 is 1.64 bits per heavy atom. The predicted molar refractivity (Wildman–Crippen MR) is 52.8 cm³/mol. The van der Waals surface area contributed by atoms with Crippen molar-refractivity contribution in [2.75, 3.05) is 20.2 Å². The Kier molecular flexibility index (Phi) is 2.49. The van der Waals surface area contributed by atoms with Crippen LogP contribution in [0.15, 0.2) is 0 Å². The maximum absolute atomic E-state index is 11.4. The number of likely N-dealkylation sites (N-methyl/N-ethyl adjacent to an activating group) is 1. The molecular weight excluding hydrogens is 180 g/mol. The van der Waals surface area contributed by atoms with Crippen LogP contribution in [-0.2, 0) is 9.53 Å². The van der Waals surface area contributed by atoms with Gasteiger partial charge in [0.2, 0.25) is 0 Å². The number of ether oxygens (including phenoxy) is 1. The first kappa shape index (κ1) is 9.93. The van der Waals surface area contributed by atoms with Crippen LogP contribution in [0, 0.1) is 0 Å². The fraction of sp³-hybridized carbons (Fsp3) is 0.900. The van der Waals surface area contributed by atoms with E-state index in [4.69, 9.17) is 10.5 Å². The highest BCUT2D eigenvalue weighted by atomic mass is 16.5. The van der Waals surface area contributed by atoms with E-state index in [1.807, 2.05) is 7.05 Å². The van der Waals surface area contributed by atoms with Crippen LogP contribution in [0.4, 0.5) is 0 Å². The second-order valence-electron chi connectivity index (χ2n) is 4.36. The van der Waals surface area contributed by atoms with E-state index in [1.165, 1.54) is 6.42 Å². The minimum atomic E-state index is -0.0766. The van der Waals surface area contributed by atoms with E-state index in [1.54, 1.807) is 0 Å². The van der Waals surface area contributed by atoms with Gasteiger partial charge in [0.05, 0.1) is 6.61 Å². The van der Waals surface area contributed by atoms with E-state index in [0.29, 0.717) is 13.2 Å². The van der Waals surface area contributed by atoms with E-state index in [2.05, 4.69) is 4.90 Å². The molecule has 14 heavy (non-hydrogen) atoms. The second-order valence-corrected chi connectivity index (χ2v) is 4.36. The fourth-order valence-electron chi connectivity index (χ4n) is 2.45. The van der Waals surface area contributed by atoms with Gasteiger partial charge in [0.1, 0.15) is 6.04 Å². The number of hydrogen-bond donors (Lipinski definition) is 1. The van der Waals surface area contributed by atoms with Gasteiger partial charge in [0.15, 0.2) is 0 Å². The van der Waals surface area contributed by atoms with E-state index < -0.39 is 0 Å². The van der Waals surface area contributed by atoms with Crippen molar-refractivity contribution in [1.82, 2.24) is 4.90 Å². The third kappa shape index (κ3) is 1.33. The van der Waals surface area contributed by atoms with E-state index in [0.717, 1.165) is 19.3 Å². The molecule has 1 heterocycles. The van der Waals surface area contributed by atoms with Crippen LogP contribution in [0.25, 0.3) is 0 Å². The first-order valence-electron chi connectivity index (χ1n) is 5.29. The van der Waals surface area contributed by atoms with Gasteiger partial charge in [-0.15, -0.1) is 0 Å². The topological polar surface area (TPSA) is 55.6 Å². The maximum Gasteiger partial charge on any atom is 0.323 e. The molecule has 0 aromatic carbocycles. The van der Waals surface area contributed by atoms with Crippen molar-refractivity contribution < 1.29 is 9.53 Å². The third-order valence-corrected chi connectivity index (χ3v) is 3.79. The van der Waals surface area contributed by atoms with E-state index in [9.17, 15) is 4.79 Å². The molecule has 0 aromatic heterocycles. The van der Waals surface area contributed by atoms with E-state index in [-0.39, 0.29) is 17.6 Å². The number of nitrogens with two attached hydrogens (primary N) is 1. The SMILES string of the molecule is CN(C1CCOC1=O)C1(CN)CCC1. The van der Waals surface area contributed by atoms with Crippen molar-refractivity contribution in [3.63, 3.8) is 0 Å². The van der Waals surface area contributed by atoms with Gasteiger partial charge in [-0.25, -0.2) is 0 Å². The summed E-state index contributed by atoms with van der Waals surface area (Å²) in [4.78, 5) is 13.6. The third-order valence-electron chi connectivity index (χ3n) is 3.79. The Labute approximate surface area is 84.4 Å². The van der Waals surface area contributed by atoms with Crippen molar-refractivity contribution in [3.05, 3.63) is 0 Å². The summed E-state index contributed by atoms with van der Waals surface area (Å²) >= 11 is 0. The fourth-order valence-corrected chi connectivity index (χ4v) is 2.45. The molecule has 0 radical (unpaired) electrons. The summed E-state index contributed by atoms with van der Waals surface area (Å²) in [6.07, 6.45) is 4.27.